The Morgan fingerprint density at radius 3 is 2.57 bits per heavy atom. The second-order valence-corrected chi connectivity index (χ2v) is 4.85. The van der Waals surface area contributed by atoms with Crippen molar-refractivity contribution < 1.29 is 20.1 Å². The van der Waals surface area contributed by atoms with Crippen LogP contribution in [0.4, 0.5) is 0 Å². The molecule has 0 saturated carbocycles. The molecule has 0 aliphatic carbocycles. The number of hydrogen-bond donors (Lipinski definition) is 5. The second-order valence-electron chi connectivity index (χ2n) is 4.85. The maximum atomic E-state index is 11.9. The van der Waals surface area contributed by atoms with Crippen LogP contribution in [0.2, 0.25) is 0 Å². The van der Waals surface area contributed by atoms with E-state index in [0.717, 1.165) is 28.6 Å². The number of nitrogens with zero attached hydrogens (tertiary/aromatic N) is 1. The van der Waals surface area contributed by atoms with Crippen LogP contribution in [0.5, 0.6) is 17.2 Å². The minimum absolute atomic E-state index is 0.0334. The molecule has 0 unspecified atom stereocenters. The Labute approximate surface area is 130 Å². The summed E-state index contributed by atoms with van der Waals surface area (Å²) in [7, 11) is 0. The number of aromatic hydroxyl groups is 3. The highest BCUT2D eigenvalue weighted by Gasteiger charge is 2.12. The summed E-state index contributed by atoms with van der Waals surface area (Å²) in [5.41, 5.74) is 4.01. The van der Waals surface area contributed by atoms with Crippen LogP contribution in [0, 0.1) is 0 Å². The first-order valence-electron chi connectivity index (χ1n) is 6.70. The van der Waals surface area contributed by atoms with Crippen LogP contribution in [0.15, 0.2) is 47.7 Å². The number of fused-ring (bicyclic) bond motifs is 1. The normalized spacial score (nSPS) is 11.1. The third-order valence-corrected chi connectivity index (χ3v) is 3.32. The molecular weight excluding hydrogens is 298 g/mol. The number of H-pyrrole nitrogens is 1. The summed E-state index contributed by atoms with van der Waals surface area (Å²) in [4.78, 5) is 15.0. The molecule has 2 aromatic carbocycles. The van der Waals surface area contributed by atoms with Crippen molar-refractivity contribution in [2.75, 3.05) is 0 Å². The lowest BCUT2D eigenvalue weighted by Crippen LogP contribution is -2.17. The van der Waals surface area contributed by atoms with Crippen molar-refractivity contribution in [1.29, 1.82) is 0 Å². The highest BCUT2D eigenvalue weighted by Crippen LogP contribution is 2.35. The van der Waals surface area contributed by atoms with Crippen molar-refractivity contribution >= 4 is 23.0 Å². The molecule has 0 spiro atoms. The van der Waals surface area contributed by atoms with Gasteiger partial charge in [0.15, 0.2) is 17.2 Å². The van der Waals surface area contributed by atoms with Crippen molar-refractivity contribution in [1.82, 2.24) is 10.4 Å². The summed E-state index contributed by atoms with van der Waals surface area (Å²) in [5, 5.41) is 32.8. The first-order valence-corrected chi connectivity index (χ1v) is 6.70. The number of phenols is 3. The molecule has 7 nitrogen and oxygen atoms in total. The summed E-state index contributed by atoms with van der Waals surface area (Å²) >= 11 is 0. The quantitative estimate of drug-likeness (QED) is 0.289. The van der Waals surface area contributed by atoms with Gasteiger partial charge in [-0.3, -0.25) is 4.79 Å². The Kier molecular flexibility index (Phi) is 3.60. The van der Waals surface area contributed by atoms with E-state index in [1.54, 1.807) is 6.20 Å². The molecule has 1 amide bonds. The van der Waals surface area contributed by atoms with Gasteiger partial charge in [0.05, 0.1) is 6.21 Å². The summed E-state index contributed by atoms with van der Waals surface area (Å²) in [6, 6.07) is 9.72. The van der Waals surface area contributed by atoms with Gasteiger partial charge in [-0.25, -0.2) is 5.43 Å². The van der Waals surface area contributed by atoms with Gasteiger partial charge in [-0.15, -0.1) is 0 Å². The number of hydrazone groups is 1. The molecule has 23 heavy (non-hydrogen) atoms. The number of carbonyl (C=O) groups is 1. The lowest BCUT2D eigenvalue weighted by Gasteiger charge is -2.04. The molecule has 0 fully saturated rings. The zero-order valence-electron chi connectivity index (χ0n) is 11.8. The first kappa shape index (κ1) is 14.5. The van der Waals surface area contributed by atoms with Gasteiger partial charge in [0, 0.05) is 28.2 Å². The number of rotatable bonds is 3. The van der Waals surface area contributed by atoms with E-state index < -0.39 is 23.2 Å². The van der Waals surface area contributed by atoms with Crippen molar-refractivity contribution in [3.63, 3.8) is 0 Å². The van der Waals surface area contributed by atoms with Crippen molar-refractivity contribution in [2.45, 2.75) is 0 Å². The first-order chi connectivity index (χ1) is 11.1. The molecule has 3 aromatic rings. The molecule has 3 rings (SSSR count). The van der Waals surface area contributed by atoms with E-state index in [4.69, 9.17) is 0 Å². The molecule has 0 atom stereocenters. The fraction of sp³-hybridized carbons (Fsp3) is 0. The number of nitrogens with one attached hydrogen (secondary N) is 2. The molecule has 5 N–H and O–H groups in total. The zero-order valence-corrected chi connectivity index (χ0v) is 11.8. The summed E-state index contributed by atoms with van der Waals surface area (Å²) in [6.07, 6.45) is 3.25. The van der Waals surface area contributed by atoms with Gasteiger partial charge in [0.1, 0.15) is 0 Å². The number of aromatic amines is 1. The van der Waals surface area contributed by atoms with Crippen LogP contribution in [-0.2, 0) is 0 Å². The van der Waals surface area contributed by atoms with Gasteiger partial charge < -0.3 is 20.3 Å². The lowest BCUT2D eigenvalue weighted by molar-refractivity contribution is 0.0954. The number of benzene rings is 2. The minimum atomic E-state index is -0.677. The Balaban J connectivity index is 1.76. The SMILES string of the molecule is O=C(N/N=C/c1c[nH]c2ccccc12)c1cc(O)c(O)c(O)c1. The molecule has 1 heterocycles. The molecule has 0 saturated heterocycles. The Hall–Kier alpha value is -3.48. The van der Waals surface area contributed by atoms with Gasteiger partial charge in [0.25, 0.3) is 5.91 Å². The molecule has 7 heteroatoms. The number of carbonyl (C=O) groups excluding carboxylic acids is 1. The van der Waals surface area contributed by atoms with Crippen LogP contribution in [0.1, 0.15) is 15.9 Å². The average molecular weight is 311 g/mol. The fourth-order valence-corrected chi connectivity index (χ4v) is 2.16. The van der Waals surface area contributed by atoms with E-state index in [1.165, 1.54) is 6.21 Å². The molecule has 0 bridgehead atoms. The molecule has 116 valence electrons. The predicted molar refractivity (Wildman–Crippen MR) is 84.8 cm³/mol. The molecule has 0 aliphatic rings. The second kappa shape index (κ2) is 5.72. The van der Waals surface area contributed by atoms with E-state index in [-0.39, 0.29) is 5.56 Å². The standard InChI is InChI=1S/C16H13N3O4/c20-13-5-9(6-14(21)15(13)22)16(23)19-18-8-10-7-17-12-4-2-1-3-11(10)12/h1-8,17,20-22H,(H,19,23)/b18-8+. The number of para-hydroxylation sites is 1. The Morgan fingerprint density at radius 2 is 1.83 bits per heavy atom. The fourth-order valence-electron chi connectivity index (χ4n) is 2.16. The third-order valence-electron chi connectivity index (χ3n) is 3.32. The topological polar surface area (TPSA) is 118 Å². The Bertz CT molecular complexity index is 892. The number of amides is 1. The van der Waals surface area contributed by atoms with Crippen molar-refractivity contribution in [3.05, 3.63) is 53.7 Å². The average Bonchev–Trinajstić information content (AvgIpc) is 2.95. The van der Waals surface area contributed by atoms with Crippen LogP contribution in [-0.4, -0.2) is 32.4 Å². The highest BCUT2D eigenvalue weighted by atomic mass is 16.3. The van der Waals surface area contributed by atoms with E-state index in [1.807, 2.05) is 24.3 Å². The van der Waals surface area contributed by atoms with Gasteiger partial charge >= 0.3 is 0 Å². The van der Waals surface area contributed by atoms with Crippen LogP contribution >= 0.6 is 0 Å². The van der Waals surface area contributed by atoms with E-state index in [0.29, 0.717) is 0 Å². The maximum Gasteiger partial charge on any atom is 0.271 e. The van der Waals surface area contributed by atoms with Crippen molar-refractivity contribution in [2.24, 2.45) is 5.10 Å². The molecular formula is C16H13N3O4. The van der Waals surface area contributed by atoms with Gasteiger partial charge in [-0.2, -0.15) is 5.10 Å². The summed E-state index contributed by atoms with van der Waals surface area (Å²) in [6.45, 7) is 0. The van der Waals surface area contributed by atoms with E-state index in [2.05, 4.69) is 15.5 Å². The highest BCUT2D eigenvalue weighted by molar-refractivity contribution is 6.00. The minimum Gasteiger partial charge on any atom is -0.504 e. The van der Waals surface area contributed by atoms with Gasteiger partial charge in [-0.05, 0) is 18.2 Å². The number of phenolic OH excluding ortho intramolecular Hbond substituents is 3. The summed E-state index contributed by atoms with van der Waals surface area (Å²) in [5.74, 6) is -2.48. The lowest BCUT2D eigenvalue weighted by atomic mass is 10.2. The molecule has 0 radical (unpaired) electrons. The number of hydrogen-bond acceptors (Lipinski definition) is 5. The largest absolute Gasteiger partial charge is 0.504 e. The predicted octanol–water partition coefficient (Wildman–Crippen LogP) is 2.05. The van der Waals surface area contributed by atoms with Crippen molar-refractivity contribution in [3.8, 4) is 17.2 Å². The smallest absolute Gasteiger partial charge is 0.271 e. The van der Waals surface area contributed by atoms with Gasteiger partial charge in [-0.1, -0.05) is 18.2 Å². The molecule has 1 aromatic heterocycles. The van der Waals surface area contributed by atoms with E-state index in [9.17, 15) is 20.1 Å². The monoisotopic (exact) mass is 311 g/mol. The van der Waals surface area contributed by atoms with Gasteiger partial charge in [0.2, 0.25) is 0 Å². The van der Waals surface area contributed by atoms with E-state index >= 15 is 0 Å². The Morgan fingerprint density at radius 1 is 1.13 bits per heavy atom. The molecule has 0 aliphatic heterocycles. The third kappa shape index (κ3) is 2.80. The van der Waals surface area contributed by atoms with Crippen LogP contribution < -0.4 is 5.43 Å². The summed E-state index contributed by atoms with van der Waals surface area (Å²) < 4.78 is 0. The van der Waals surface area contributed by atoms with Crippen LogP contribution in [0.25, 0.3) is 10.9 Å². The van der Waals surface area contributed by atoms with Crippen LogP contribution in [0.3, 0.4) is 0 Å². The number of aromatic nitrogens is 1. The zero-order chi connectivity index (χ0) is 16.4. The maximum absolute atomic E-state index is 11.9.